The van der Waals surface area contributed by atoms with E-state index < -0.39 is 0 Å². The molecule has 0 bridgehead atoms. The second kappa shape index (κ2) is 12.7. The number of hydrogen-bond donors (Lipinski definition) is 0. The largest absolute Gasteiger partial charge is 0.399 e. The van der Waals surface area contributed by atoms with Gasteiger partial charge in [-0.25, -0.2) is 0 Å². The van der Waals surface area contributed by atoms with E-state index in [9.17, 15) is 0 Å². The summed E-state index contributed by atoms with van der Waals surface area (Å²) >= 11 is 0. The Bertz CT molecular complexity index is 335. The van der Waals surface area contributed by atoms with Crippen molar-refractivity contribution in [2.24, 2.45) is 11.1 Å². The fourth-order valence-electron chi connectivity index (χ4n) is 2.62. The zero-order valence-electron chi connectivity index (χ0n) is 13.8. The van der Waals surface area contributed by atoms with E-state index in [2.05, 4.69) is 47.2 Å². The van der Waals surface area contributed by atoms with Gasteiger partial charge in [0.1, 0.15) is 7.11 Å². The van der Waals surface area contributed by atoms with Crippen molar-refractivity contribution in [3.63, 3.8) is 0 Å². The summed E-state index contributed by atoms with van der Waals surface area (Å²) < 4.78 is 0. The van der Waals surface area contributed by atoms with Crippen LogP contribution in [0.3, 0.4) is 0 Å². The van der Waals surface area contributed by atoms with E-state index >= 15 is 0 Å². The van der Waals surface area contributed by atoms with Gasteiger partial charge in [0, 0.05) is 6.21 Å². The molecule has 1 aliphatic rings. The third kappa shape index (κ3) is 7.32. The second-order valence-electron chi connectivity index (χ2n) is 4.83. The molecule has 2 nitrogen and oxygen atoms in total. The van der Waals surface area contributed by atoms with Gasteiger partial charge in [0.15, 0.2) is 0 Å². The zero-order chi connectivity index (χ0) is 15.2. The minimum Gasteiger partial charge on any atom is -0.399 e. The Morgan fingerprint density at radius 1 is 1.10 bits per heavy atom. The molecule has 2 unspecified atom stereocenters. The van der Waals surface area contributed by atoms with Crippen molar-refractivity contribution in [3.8, 4) is 0 Å². The first kappa shape index (κ1) is 18.7. The Morgan fingerprint density at radius 3 is 2.15 bits per heavy atom. The van der Waals surface area contributed by atoms with Crippen LogP contribution in [-0.4, -0.2) is 13.3 Å². The molecule has 20 heavy (non-hydrogen) atoms. The van der Waals surface area contributed by atoms with Gasteiger partial charge in [0.25, 0.3) is 0 Å². The minimum atomic E-state index is 0.829. The van der Waals surface area contributed by atoms with Crippen molar-refractivity contribution in [2.75, 3.05) is 7.11 Å². The lowest BCUT2D eigenvalue weighted by atomic mass is 9.76. The van der Waals surface area contributed by atoms with Gasteiger partial charge < -0.3 is 4.84 Å². The summed E-state index contributed by atoms with van der Waals surface area (Å²) in [5.41, 5.74) is 1.55. The first-order valence-electron chi connectivity index (χ1n) is 7.85. The van der Waals surface area contributed by atoms with E-state index in [1.807, 2.05) is 13.8 Å². The first-order chi connectivity index (χ1) is 9.79. The smallest absolute Gasteiger partial charge is 0.106 e. The zero-order valence-corrected chi connectivity index (χ0v) is 13.8. The Kier molecular flexibility index (Phi) is 11.9. The van der Waals surface area contributed by atoms with Gasteiger partial charge in [-0.3, -0.25) is 0 Å². The van der Waals surface area contributed by atoms with Crippen molar-refractivity contribution in [1.29, 1.82) is 0 Å². The molecule has 114 valence electrons. The Morgan fingerprint density at radius 2 is 1.70 bits per heavy atom. The maximum atomic E-state index is 4.26. The average molecular weight is 277 g/mol. The summed E-state index contributed by atoms with van der Waals surface area (Å²) in [6, 6.07) is 11.0. The van der Waals surface area contributed by atoms with Crippen LogP contribution in [0, 0.1) is 5.92 Å². The maximum absolute atomic E-state index is 4.26. The Balaban J connectivity index is 0.000000441. The quantitative estimate of drug-likeness (QED) is 0.506. The Hall–Kier alpha value is -1.31. The molecule has 1 aromatic rings. The van der Waals surface area contributed by atoms with Gasteiger partial charge in [-0.05, 0) is 30.7 Å². The molecular weight excluding hydrogens is 246 g/mol. The van der Waals surface area contributed by atoms with Crippen LogP contribution in [-0.2, 0) is 4.84 Å². The minimum absolute atomic E-state index is 0.829. The van der Waals surface area contributed by atoms with Crippen LogP contribution in [0.4, 0.5) is 0 Å². The monoisotopic (exact) mass is 277 g/mol. The molecule has 1 aliphatic carbocycles. The van der Waals surface area contributed by atoms with E-state index in [1.165, 1.54) is 32.8 Å². The highest BCUT2D eigenvalue weighted by atomic mass is 16.6. The molecule has 2 atom stereocenters. The molecule has 0 radical (unpaired) electrons. The third-order valence-corrected chi connectivity index (χ3v) is 3.55. The van der Waals surface area contributed by atoms with Crippen molar-refractivity contribution >= 4 is 6.21 Å². The van der Waals surface area contributed by atoms with Crippen molar-refractivity contribution in [3.05, 3.63) is 35.9 Å². The van der Waals surface area contributed by atoms with Gasteiger partial charge in [-0.1, -0.05) is 70.4 Å². The summed E-state index contributed by atoms with van der Waals surface area (Å²) in [7, 11) is 1.51. The maximum Gasteiger partial charge on any atom is 0.106 e. The van der Waals surface area contributed by atoms with E-state index in [4.69, 9.17) is 0 Å². The van der Waals surface area contributed by atoms with Gasteiger partial charge in [0.05, 0.1) is 0 Å². The van der Waals surface area contributed by atoms with Gasteiger partial charge in [-0.15, -0.1) is 5.16 Å². The normalized spacial score (nSPS) is 21.2. The van der Waals surface area contributed by atoms with Crippen LogP contribution in [0.5, 0.6) is 0 Å². The fourth-order valence-corrected chi connectivity index (χ4v) is 2.62. The van der Waals surface area contributed by atoms with Crippen molar-refractivity contribution in [1.82, 2.24) is 0 Å². The number of benzene rings is 1. The van der Waals surface area contributed by atoms with Crippen LogP contribution in [0.1, 0.15) is 64.9 Å². The number of rotatable bonds is 2. The molecule has 0 saturated heterocycles. The first-order valence-corrected chi connectivity index (χ1v) is 7.85. The standard InChI is InChI=1S/C13H18.C3H7NO.C2H6/c1-11-7-5-6-10-13(11)12-8-3-2-4-9-12;1-3-4-5-2;1-2/h2-4,8-9,11,13H,5-7,10H2,1H3;3H,1-2H3;1-2H3/b;4-3+;. The van der Waals surface area contributed by atoms with Crippen LogP contribution in [0.15, 0.2) is 35.5 Å². The third-order valence-electron chi connectivity index (χ3n) is 3.55. The second-order valence-corrected chi connectivity index (χ2v) is 4.83. The molecule has 0 amide bonds. The van der Waals surface area contributed by atoms with E-state index in [-0.39, 0.29) is 0 Å². The van der Waals surface area contributed by atoms with Crippen molar-refractivity contribution in [2.45, 2.75) is 59.3 Å². The molecule has 1 saturated carbocycles. The van der Waals surface area contributed by atoms with Gasteiger partial charge in [0.2, 0.25) is 0 Å². The lowest BCUT2D eigenvalue weighted by molar-refractivity contribution is 0.215. The Labute approximate surface area is 125 Å². The van der Waals surface area contributed by atoms with E-state index in [0.29, 0.717) is 0 Å². The predicted molar refractivity (Wildman–Crippen MR) is 89.3 cm³/mol. The topological polar surface area (TPSA) is 21.6 Å². The summed E-state index contributed by atoms with van der Waals surface area (Å²) in [4.78, 5) is 4.26. The number of nitrogens with zero attached hydrogens (tertiary/aromatic N) is 1. The fraction of sp³-hybridized carbons (Fsp3) is 0.611. The van der Waals surface area contributed by atoms with Crippen molar-refractivity contribution < 1.29 is 4.84 Å². The molecule has 2 heteroatoms. The molecule has 0 aliphatic heterocycles. The molecule has 0 heterocycles. The summed E-state index contributed by atoms with van der Waals surface area (Å²) in [6.45, 7) is 8.19. The summed E-state index contributed by atoms with van der Waals surface area (Å²) in [5, 5.41) is 3.35. The lowest BCUT2D eigenvalue weighted by Gasteiger charge is -2.29. The number of hydrogen-bond acceptors (Lipinski definition) is 2. The van der Waals surface area contributed by atoms with Gasteiger partial charge >= 0.3 is 0 Å². The van der Waals surface area contributed by atoms with Crippen LogP contribution in [0.2, 0.25) is 0 Å². The highest BCUT2D eigenvalue weighted by molar-refractivity contribution is 5.52. The molecule has 0 N–H and O–H groups in total. The highest BCUT2D eigenvalue weighted by Gasteiger charge is 2.22. The molecule has 0 spiro atoms. The molecule has 1 fully saturated rings. The van der Waals surface area contributed by atoms with Crippen LogP contribution < -0.4 is 0 Å². The van der Waals surface area contributed by atoms with Gasteiger partial charge in [-0.2, -0.15) is 0 Å². The predicted octanol–water partition coefficient (Wildman–Crippen LogP) is 5.65. The van der Waals surface area contributed by atoms with E-state index in [0.717, 1.165) is 11.8 Å². The SMILES string of the molecule is C/C=N/OC.CC.CC1CCCCC1c1ccccc1. The molecular formula is C18H31NO. The average Bonchev–Trinajstić information content (AvgIpc) is 2.52. The number of oxime groups is 1. The lowest BCUT2D eigenvalue weighted by Crippen LogP contribution is -2.14. The highest BCUT2D eigenvalue weighted by Crippen LogP contribution is 2.36. The van der Waals surface area contributed by atoms with Crippen LogP contribution >= 0.6 is 0 Å². The molecule has 0 aromatic heterocycles. The summed E-state index contributed by atoms with van der Waals surface area (Å²) in [6.07, 6.45) is 7.25. The molecule has 1 aromatic carbocycles. The van der Waals surface area contributed by atoms with E-state index in [1.54, 1.807) is 18.7 Å². The van der Waals surface area contributed by atoms with Crippen LogP contribution in [0.25, 0.3) is 0 Å². The summed E-state index contributed by atoms with van der Waals surface area (Å²) in [5.74, 6) is 1.71. The molecule has 2 rings (SSSR count).